The largest absolute Gasteiger partial charge is 0.398 e. The summed E-state index contributed by atoms with van der Waals surface area (Å²) in [6, 6.07) is 10.7. The third-order valence-corrected chi connectivity index (χ3v) is 4.29. The van der Waals surface area contributed by atoms with Gasteiger partial charge in [0.1, 0.15) is 12.5 Å². The van der Waals surface area contributed by atoms with Gasteiger partial charge in [-0.05, 0) is 45.0 Å². The molecule has 0 aromatic heterocycles. The van der Waals surface area contributed by atoms with Gasteiger partial charge in [0, 0.05) is 29.0 Å². The Labute approximate surface area is 153 Å². The molecule has 0 heterocycles. The molecular formula is C19H28N4O3. The molecule has 0 spiro atoms. The molecule has 2 rings (SSSR count). The van der Waals surface area contributed by atoms with Crippen molar-refractivity contribution >= 4 is 22.7 Å². The van der Waals surface area contributed by atoms with Crippen molar-refractivity contribution in [1.82, 2.24) is 0 Å². The van der Waals surface area contributed by atoms with E-state index in [1.807, 2.05) is 18.2 Å². The zero-order chi connectivity index (χ0) is 19.4. The first-order valence-corrected chi connectivity index (χ1v) is 8.56. The van der Waals surface area contributed by atoms with E-state index in [4.69, 9.17) is 11.5 Å². The predicted molar refractivity (Wildman–Crippen MR) is 106 cm³/mol. The normalized spacial score (nSPS) is 14.5. The van der Waals surface area contributed by atoms with E-state index < -0.39 is 18.6 Å². The molecule has 3 atom stereocenters. The van der Waals surface area contributed by atoms with Crippen LogP contribution >= 0.6 is 0 Å². The average Bonchev–Trinajstić information content (AvgIpc) is 2.55. The van der Waals surface area contributed by atoms with E-state index in [-0.39, 0.29) is 0 Å². The number of nitrogen functional groups attached to an aromatic ring is 2. The highest BCUT2D eigenvalue weighted by Gasteiger charge is 2.20. The Kier molecular flexibility index (Phi) is 6.31. The second kappa shape index (κ2) is 8.27. The third-order valence-electron chi connectivity index (χ3n) is 4.29. The van der Waals surface area contributed by atoms with Crippen LogP contribution in [0.15, 0.2) is 36.4 Å². The molecular weight excluding hydrogens is 332 g/mol. The maximum absolute atomic E-state index is 10.1. The quantitative estimate of drug-likeness (QED) is 0.329. The van der Waals surface area contributed by atoms with E-state index in [1.165, 1.54) is 4.90 Å². The Bertz CT molecular complexity index is 740. The summed E-state index contributed by atoms with van der Waals surface area (Å²) in [5, 5.41) is 33.4. The van der Waals surface area contributed by atoms with Crippen LogP contribution in [0.25, 0.3) is 0 Å². The van der Waals surface area contributed by atoms with Crippen LogP contribution in [0.3, 0.4) is 0 Å². The number of nitrogens with one attached hydrogen (secondary N) is 1. The maximum atomic E-state index is 10.1. The van der Waals surface area contributed by atoms with Crippen molar-refractivity contribution < 1.29 is 15.3 Å². The topological polar surface area (TPSA) is 128 Å². The first kappa shape index (κ1) is 19.8. The van der Waals surface area contributed by atoms with Crippen LogP contribution in [0.1, 0.15) is 38.0 Å². The minimum Gasteiger partial charge on any atom is -0.398 e. The lowest BCUT2D eigenvalue weighted by Gasteiger charge is -2.32. The van der Waals surface area contributed by atoms with Crippen molar-refractivity contribution in [3.05, 3.63) is 47.5 Å². The van der Waals surface area contributed by atoms with Crippen LogP contribution in [0.2, 0.25) is 0 Å². The lowest BCUT2D eigenvalue weighted by atomic mass is 9.99. The van der Waals surface area contributed by atoms with E-state index in [1.54, 1.807) is 39.0 Å². The van der Waals surface area contributed by atoms with Gasteiger partial charge in [0.2, 0.25) is 0 Å². The highest BCUT2D eigenvalue weighted by Crippen LogP contribution is 2.32. The van der Waals surface area contributed by atoms with Crippen LogP contribution in [-0.2, 0) is 6.54 Å². The molecule has 0 aliphatic carbocycles. The predicted octanol–water partition coefficient (Wildman–Crippen LogP) is 2.00. The zero-order valence-electron chi connectivity index (χ0n) is 15.3. The lowest BCUT2D eigenvalue weighted by Crippen LogP contribution is -2.40. The monoisotopic (exact) mass is 360 g/mol. The number of benzene rings is 2. The first-order chi connectivity index (χ1) is 12.2. The van der Waals surface area contributed by atoms with E-state index in [0.717, 1.165) is 5.56 Å². The number of para-hydroxylation sites is 2. The molecule has 0 saturated carbocycles. The SMILES string of the molecule is CC(O)c1c(N)ccc(N)c1CNc1ccccc1N(C(C)O)C(C)O. The molecule has 0 aliphatic rings. The third kappa shape index (κ3) is 4.19. The van der Waals surface area contributed by atoms with Crippen LogP contribution in [0.4, 0.5) is 22.7 Å². The van der Waals surface area contributed by atoms with Gasteiger partial charge in [-0.15, -0.1) is 0 Å². The first-order valence-electron chi connectivity index (χ1n) is 8.56. The molecule has 0 saturated heterocycles. The summed E-state index contributed by atoms with van der Waals surface area (Å²) in [6.07, 6.45) is -2.50. The molecule has 7 nitrogen and oxygen atoms in total. The summed E-state index contributed by atoms with van der Waals surface area (Å²) >= 11 is 0. The second-order valence-electron chi connectivity index (χ2n) is 6.35. The summed E-state index contributed by atoms with van der Waals surface area (Å²) in [5.41, 5.74) is 15.8. The Balaban J connectivity index is 2.37. The molecule has 7 heteroatoms. The molecule has 142 valence electrons. The Hall–Kier alpha value is -2.48. The summed E-state index contributed by atoms with van der Waals surface area (Å²) in [4.78, 5) is 1.49. The fourth-order valence-electron chi connectivity index (χ4n) is 3.14. The summed E-state index contributed by atoms with van der Waals surface area (Å²) in [7, 11) is 0. The van der Waals surface area contributed by atoms with Crippen molar-refractivity contribution in [3.8, 4) is 0 Å². The maximum Gasteiger partial charge on any atom is 0.126 e. The smallest absolute Gasteiger partial charge is 0.126 e. The average molecular weight is 360 g/mol. The van der Waals surface area contributed by atoms with E-state index in [0.29, 0.717) is 34.9 Å². The number of nitrogens with two attached hydrogens (primary N) is 2. The number of anilines is 4. The van der Waals surface area contributed by atoms with Gasteiger partial charge >= 0.3 is 0 Å². The number of rotatable bonds is 7. The number of hydrogen-bond acceptors (Lipinski definition) is 7. The fraction of sp³-hybridized carbons (Fsp3) is 0.368. The number of hydrogen-bond donors (Lipinski definition) is 6. The Morgan fingerprint density at radius 2 is 1.50 bits per heavy atom. The molecule has 26 heavy (non-hydrogen) atoms. The molecule has 0 fully saturated rings. The van der Waals surface area contributed by atoms with E-state index in [2.05, 4.69) is 5.32 Å². The van der Waals surface area contributed by atoms with Gasteiger partial charge in [-0.2, -0.15) is 0 Å². The van der Waals surface area contributed by atoms with Gasteiger partial charge in [-0.25, -0.2) is 0 Å². The number of aliphatic hydroxyl groups excluding tert-OH is 3. The van der Waals surface area contributed by atoms with Crippen molar-refractivity contribution in [2.45, 2.75) is 45.9 Å². The second-order valence-corrected chi connectivity index (χ2v) is 6.35. The summed E-state index contributed by atoms with van der Waals surface area (Å²) < 4.78 is 0. The zero-order valence-corrected chi connectivity index (χ0v) is 15.3. The highest BCUT2D eigenvalue weighted by atomic mass is 16.3. The number of aliphatic hydroxyl groups is 3. The van der Waals surface area contributed by atoms with Crippen LogP contribution in [0, 0.1) is 0 Å². The molecule has 8 N–H and O–H groups in total. The summed E-state index contributed by atoms with van der Waals surface area (Å²) in [5.74, 6) is 0. The number of nitrogens with zero attached hydrogens (tertiary/aromatic N) is 1. The lowest BCUT2D eigenvalue weighted by molar-refractivity contribution is 0.105. The molecule has 2 aromatic carbocycles. The molecule has 3 unspecified atom stereocenters. The minimum absolute atomic E-state index is 0.335. The Morgan fingerprint density at radius 1 is 0.923 bits per heavy atom. The van der Waals surface area contributed by atoms with Crippen molar-refractivity contribution in [2.75, 3.05) is 21.7 Å². The van der Waals surface area contributed by atoms with Crippen LogP contribution in [-0.4, -0.2) is 27.8 Å². The van der Waals surface area contributed by atoms with Gasteiger partial charge in [0.15, 0.2) is 0 Å². The highest BCUT2D eigenvalue weighted by molar-refractivity contribution is 5.71. The minimum atomic E-state index is -0.872. The Morgan fingerprint density at radius 3 is 2.08 bits per heavy atom. The molecule has 0 radical (unpaired) electrons. The standard InChI is InChI=1S/C19H28N4O3/c1-11(24)19-14(15(20)8-9-16(19)21)10-22-17-6-4-5-7-18(17)23(12(2)25)13(3)26/h4-9,11-13,22,24-26H,10,20-21H2,1-3H3. The van der Waals surface area contributed by atoms with E-state index in [9.17, 15) is 15.3 Å². The van der Waals surface area contributed by atoms with Crippen molar-refractivity contribution in [3.63, 3.8) is 0 Å². The molecule has 2 aromatic rings. The van der Waals surface area contributed by atoms with Gasteiger partial charge in [0.25, 0.3) is 0 Å². The molecule has 0 amide bonds. The fourth-order valence-corrected chi connectivity index (χ4v) is 3.14. The summed E-state index contributed by atoms with van der Waals surface area (Å²) in [6.45, 7) is 5.16. The molecule has 0 bridgehead atoms. The van der Waals surface area contributed by atoms with Crippen molar-refractivity contribution in [1.29, 1.82) is 0 Å². The molecule has 0 aliphatic heterocycles. The van der Waals surface area contributed by atoms with Crippen LogP contribution < -0.4 is 21.7 Å². The van der Waals surface area contributed by atoms with Crippen molar-refractivity contribution in [2.24, 2.45) is 0 Å². The van der Waals surface area contributed by atoms with Gasteiger partial charge in [-0.3, -0.25) is 0 Å². The van der Waals surface area contributed by atoms with Gasteiger partial charge < -0.3 is 37.0 Å². The van der Waals surface area contributed by atoms with Gasteiger partial charge in [0.05, 0.1) is 17.5 Å². The van der Waals surface area contributed by atoms with E-state index >= 15 is 0 Å². The van der Waals surface area contributed by atoms with Gasteiger partial charge in [-0.1, -0.05) is 12.1 Å². The van der Waals surface area contributed by atoms with Crippen LogP contribution in [0.5, 0.6) is 0 Å².